The van der Waals surface area contributed by atoms with Crippen LogP contribution in [0.5, 0.6) is 0 Å². The average Bonchev–Trinajstić information content (AvgIpc) is 2.69. The molecule has 0 aliphatic heterocycles. The van der Waals surface area contributed by atoms with Gasteiger partial charge in [0, 0.05) is 13.2 Å². The lowest BCUT2D eigenvalue weighted by atomic mass is 10.1. The molecule has 0 bridgehead atoms. The molecular formula is C23H40O3. The Labute approximate surface area is 161 Å². The van der Waals surface area contributed by atoms with E-state index in [4.69, 9.17) is 14.2 Å². The van der Waals surface area contributed by atoms with Crippen molar-refractivity contribution in [2.24, 2.45) is 0 Å². The van der Waals surface area contributed by atoms with Crippen LogP contribution in [0.3, 0.4) is 0 Å². The predicted octanol–water partition coefficient (Wildman–Crippen LogP) is 6.50. The van der Waals surface area contributed by atoms with Gasteiger partial charge in [-0.05, 0) is 44.1 Å². The van der Waals surface area contributed by atoms with Crippen LogP contribution in [0.2, 0.25) is 0 Å². The maximum atomic E-state index is 6.07. The zero-order valence-corrected chi connectivity index (χ0v) is 17.3. The van der Waals surface area contributed by atoms with Crippen molar-refractivity contribution in [3.8, 4) is 0 Å². The van der Waals surface area contributed by atoms with Crippen LogP contribution in [-0.4, -0.2) is 25.6 Å². The summed E-state index contributed by atoms with van der Waals surface area (Å²) in [5, 5.41) is 0. The molecule has 0 heterocycles. The smallest absolute Gasteiger partial charge is 0.157 e. The molecule has 3 heteroatoms. The van der Waals surface area contributed by atoms with Gasteiger partial charge in [0.15, 0.2) is 6.29 Å². The van der Waals surface area contributed by atoms with Crippen LogP contribution in [0.1, 0.15) is 84.1 Å². The summed E-state index contributed by atoms with van der Waals surface area (Å²) in [6.07, 6.45) is 10.7. The monoisotopic (exact) mass is 364 g/mol. The van der Waals surface area contributed by atoms with Crippen molar-refractivity contribution < 1.29 is 14.2 Å². The van der Waals surface area contributed by atoms with Crippen LogP contribution in [0.25, 0.3) is 0 Å². The van der Waals surface area contributed by atoms with Crippen molar-refractivity contribution in [1.29, 1.82) is 0 Å². The lowest BCUT2D eigenvalue weighted by Gasteiger charge is -2.18. The minimum Gasteiger partial charge on any atom is -0.374 e. The molecule has 0 saturated carbocycles. The van der Waals surface area contributed by atoms with Gasteiger partial charge in [0.05, 0.1) is 12.7 Å². The van der Waals surface area contributed by atoms with Gasteiger partial charge in [0.2, 0.25) is 0 Å². The number of rotatable bonds is 17. The van der Waals surface area contributed by atoms with E-state index in [1.807, 2.05) is 6.07 Å². The quantitative estimate of drug-likeness (QED) is 0.233. The summed E-state index contributed by atoms with van der Waals surface area (Å²) in [4.78, 5) is 0. The van der Waals surface area contributed by atoms with Crippen molar-refractivity contribution >= 4 is 0 Å². The summed E-state index contributed by atoms with van der Waals surface area (Å²) in [6.45, 7) is 8.82. The fourth-order valence-corrected chi connectivity index (χ4v) is 2.94. The summed E-state index contributed by atoms with van der Waals surface area (Å²) in [5.74, 6) is 0. The molecule has 0 spiro atoms. The highest BCUT2D eigenvalue weighted by Crippen LogP contribution is 2.15. The second-order valence-electron chi connectivity index (χ2n) is 6.99. The van der Waals surface area contributed by atoms with Crippen LogP contribution in [0.15, 0.2) is 30.3 Å². The van der Waals surface area contributed by atoms with E-state index in [9.17, 15) is 0 Å². The van der Waals surface area contributed by atoms with E-state index >= 15 is 0 Å². The predicted molar refractivity (Wildman–Crippen MR) is 109 cm³/mol. The summed E-state index contributed by atoms with van der Waals surface area (Å²) in [5.41, 5.74) is 1.26. The molecule has 0 N–H and O–H groups in total. The summed E-state index contributed by atoms with van der Waals surface area (Å²) >= 11 is 0. The number of ether oxygens (including phenoxy) is 3. The Hall–Kier alpha value is -0.900. The van der Waals surface area contributed by atoms with Crippen LogP contribution >= 0.6 is 0 Å². The molecule has 0 fully saturated rings. The SMILES string of the molecule is CCCOC(CCCCCCC(CC)OCc1ccccc1)OCCC. The zero-order valence-electron chi connectivity index (χ0n) is 17.3. The summed E-state index contributed by atoms with van der Waals surface area (Å²) in [6, 6.07) is 10.4. The van der Waals surface area contributed by atoms with Gasteiger partial charge in [-0.3, -0.25) is 0 Å². The number of hydrogen-bond donors (Lipinski definition) is 0. The van der Waals surface area contributed by atoms with E-state index in [0.29, 0.717) is 6.10 Å². The Bertz CT molecular complexity index is 399. The van der Waals surface area contributed by atoms with Crippen LogP contribution in [0.4, 0.5) is 0 Å². The number of benzene rings is 1. The maximum Gasteiger partial charge on any atom is 0.157 e. The van der Waals surface area contributed by atoms with Gasteiger partial charge in [-0.2, -0.15) is 0 Å². The van der Waals surface area contributed by atoms with Crippen LogP contribution in [-0.2, 0) is 20.8 Å². The van der Waals surface area contributed by atoms with Crippen molar-refractivity contribution in [3.63, 3.8) is 0 Å². The highest BCUT2D eigenvalue weighted by molar-refractivity contribution is 5.13. The lowest BCUT2D eigenvalue weighted by Crippen LogP contribution is -2.18. The first-order chi connectivity index (χ1) is 12.8. The van der Waals surface area contributed by atoms with Gasteiger partial charge in [-0.25, -0.2) is 0 Å². The standard InChI is InChI=1S/C23H40O3/c1-4-18-24-23(25-19-5-2)17-13-8-7-12-16-22(6-3)26-20-21-14-10-9-11-15-21/h9-11,14-15,22-23H,4-8,12-13,16-20H2,1-3H3. The maximum absolute atomic E-state index is 6.07. The second kappa shape index (κ2) is 16.3. The third-order valence-corrected chi connectivity index (χ3v) is 4.52. The van der Waals surface area contributed by atoms with Gasteiger partial charge in [0.1, 0.15) is 0 Å². The fraction of sp³-hybridized carbons (Fsp3) is 0.739. The first kappa shape index (κ1) is 23.1. The molecule has 0 saturated heterocycles. The van der Waals surface area contributed by atoms with Crippen LogP contribution in [0, 0.1) is 0 Å². The fourth-order valence-electron chi connectivity index (χ4n) is 2.94. The minimum absolute atomic E-state index is 0.00695. The van der Waals surface area contributed by atoms with E-state index in [0.717, 1.165) is 51.9 Å². The Morgan fingerprint density at radius 3 is 1.92 bits per heavy atom. The molecule has 1 unspecified atom stereocenters. The van der Waals surface area contributed by atoms with E-state index in [1.165, 1.54) is 31.2 Å². The second-order valence-corrected chi connectivity index (χ2v) is 6.99. The first-order valence-electron chi connectivity index (χ1n) is 10.7. The van der Waals surface area contributed by atoms with Gasteiger partial charge in [-0.1, -0.05) is 70.4 Å². The van der Waals surface area contributed by atoms with Gasteiger partial charge < -0.3 is 14.2 Å². The zero-order chi connectivity index (χ0) is 18.9. The van der Waals surface area contributed by atoms with Gasteiger partial charge in [0.25, 0.3) is 0 Å². The highest BCUT2D eigenvalue weighted by atomic mass is 16.7. The molecule has 26 heavy (non-hydrogen) atoms. The molecular weight excluding hydrogens is 324 g/mol. The molecule has 0 aliphatic rings. The molecule has 0 aliphatic carbocycles. The Morgan fingerprint density at radius 2 is 1.35 bits per heavy atom. The average molecular weight is 365 g/mol. The van der Waals surface area contributed by atoms with Gasteiger partial charge >= 0.3 is 0 Å². The van der Waals surface area contributed by atoms with Crippen molar-refractivity contribution in [3.05, 3.63) is 35.9 Å². The molecule has 150 valence electrons. The van der Waals surface area contributed by atoms with Crippen molar-refractivity contribution in [1.82, 2.24) is 0 Å². The highest BCUT2D eigenvalue weighted by Gasteiger charge is 2.09. The third kappa shape index (κ3) is 11.7. The first-order valence-corrected chi connectivity index (χ1v) is 10.7. The van der Waals surface area contributed by atoms with Crippen molar-refractivity contribution in [2.45, 2.75) is 97.6 Å². The molecule has 1 aromatic carbocycles. The molecule has 0 amide bonds. The van der Waals surface area contributed by atoms with Crippen molar-refractivity contribution in [2.75, 3.05) is 13.2 Å². The largest absolute Gasteiger partial charge is 0.374 e. The third-order valence-electron chi connectivity index (χ3n) is 4.52. The number of hydrogen-bond acceptors (Lipinski definition) is 3. The minimum atomic E-state index is -0.00695. The molecule has 1 rings (SSSR count). The Morgan fingerprint density at radius 1 is 0.731 bits per heavy atom. The van der Waals surface area contributed by atoms with Gasteiger partial charge in [-0.15, -0.1) is 0 Å². The van der Waals surface area contributed by atoms with E-state index in [2.05, 4.69) is 45.0 Å². The Balaban J connectivity index is 2.09. The molecule has 1 atom stereocenters. The molecule has 0 aromatic heterocycles. The van der Waals surface area contributed by atoms with E-state index in [1.54, 1.807) is 0 Å². The normalized spacial score (nSPS) is 12.6. The van der Waals surface area contributed by atoms with Crippen LogP contribution < -0.4 is 0 Å². The van der Waals surface area contributed by atoms with E-state index < -0.39 is 0 Å². The molecule has 0 radical (unpaired) electrons. The Kier molecular flexibility index (Phi) is 14.5. The summed E-state index contributed by atoms with van der Waals surface area (Å²) < 4.78 is 17.6. The van der Waals surface area contributed by atoms with E-state index in [-0.39, 0.29) is 6.29 Å². The lowest BCUT2D eigenvalue weighted by molar-refractivity contribution is -0.146. The molecule has 3 nitrogen and oxygen atoms in total. The topological polar surface area (TPSA) is 27.7 Å². The summed E-state index contributed by atoms with van der Waals surface area (Å²) in [7, 11) is 0. The molecule has 1 aromatic rings. The number of unbranched alkanes of at least 4 members (excludes halogenated alkanes) is 3.